The molecule has 0 bridgehead atoms. The van der Waals surface area contributed by atoms with Gasteiger partial charge in [0.1, 0.15) is 4.83 Å². The van der Waals surface area contributed by atoms with E-state index < -0.39 is 0 Å². The summed E-state index contributed by atoms with van der Waals surface area (Å²) in [5.74, 6) is -0.215. The molecule has 7 nitrogen and oxygen atoms in total. The number of para-hydroxylation sites is 1. The molecule has 0 aliphatic heterocycles. The van der Waals surface area contributed by atoms with Crippen molar-refractivity contribution < 1.29 is 4.79 Å². The van der Waals surface area contributed by atoms with Gasteiger partial charge in [0, 0.05) is 26.0 Å². The topological polar surface area (TPSA) is 81.8 Å². The van der Waals surface area contributed by atoms with Crippen LogP contribution >= 0.6 is 11.3 Å². The summed E-state index contributed by atoms with van der Waals surface area (Å²) < 4.78 is 3.18. The molecule has 1 aromatic carbocycles. The van der Waals surface area contributed by atoms with E-state index in [1.165, 1.54) is 22.2 Å². The number of aryl methyl sites for hydroxylation is 2. The molecular formula is C19H17N5O2S. The zero-order valence-corrected chi connectivity index (χ0v) is 15.7. The predicted octanol–water partition coefficient (Wildman–Crippen LogP) is 2.42. The van der Waals surface area contributed by atoms with Crippen molar-refractivity contribution >= 4 is 27.5 Å². The molecule has 1 N–H and O–H groups in total. The summed E-state index contributed by atoms with van der Waals surface area (Å²) in [7, 11) is 1.65. The monoisotopic (exact) mass is 379 g/mol. The minimum Gasteiger partial charge on any atom is -0.347 e. The Kier molecular flexibility index (Phi) is 4.33. The fourth-order valence-electron chi connectivity index (χ4n) is 2.98. The Morgan fingerprint density at radius 3 is 2.85 bits per heavy atom. The van der Waals surface area contributed by atoms with Crippen LogP contribution in [0, 0.1) is 6.92 Å². The van der Waals surface area contributed by atoms with Crippen LogP contribution in [0.15, 0.2) is 53.8 Å². The molecule has 0 radical (unpaired) electrons. The molecule has 0 saturated carbocycles. The Morgan fingerprint density at radius 2 is 2.07 bits per heavy atom. The van der Waals surface area contributed by atoms with Gasteiger partial charge >= 0.3 is 0 Å². The van der Waals surface area contributed by atoms with E-state index in [2.05, 4.69) is 15.4 Å². The highest BCUT2D eigenvalue weighted by Gasteiger charge is 2.19. The Labute approximate surface area is 158 Å². The molecule has 27 heavy (non-hydrogen) atoms. The third-order valence-electron chi connectivity index (χ3n) is 4.40. The maximum absolute atomic E-state index is 12.7. The molecule has 8 heteroatoms. The van der Waals surface area contributed by atoms with E-state index in [1.807, 2.05) is 36.5 Å². The lowest BCUT2D eigenvalue weighted by Crippen LogP contribution is -2.23. The van der Waals surface area contributed by atoms with Crippen molar-refractivity contribution in [3.8, 4) is 5.69 Å². The van der Waals surface area contributed by atoms with Gasteiger partial charge < -0.3 is 9.88 Å². The quantitative estimate of drug-likeness (QED) is 0.590. The van der Waals surface area contributed by atoms with Crippen molar-refractivity contribution in [1.29, 1.82) is 0 Å². The predicted molar refractivity (Wildman–Crippen MR) is 104 cm³/mol. The maximum atomic E-state index is 12.7. The van der Waals surface area contributed by atoms with Crippen LogP contribution in [0.2, 0.25) is 0 Å². The summed E-state index contributed by atoms with van der Waals surface area (Å²) >= 11 is 1.24. The van der Waals surface area contributed by atoms with Gasteiger partial charge in [0.15, 0.2) is 0 Å². The number of benzene rings is 1. The van der Waals surface area contributed by atoms with Gasteiger partial charge in [-0.25, -0.2) is 9.67 Å². The van der Waals surface area contributed by atoms with Gasteiger partial charge in [0.25, 0.3) is 11.5 Å². The molecule has 0 spiro atoms. The van der Waals surface area contributed by atoms with Crippen LogP contribution in [0.4, 0.5) is 0 Å². The second kappa shape index (κ2) is 6.81. The lowest BCUT2D eigenvalue weighted by molar-refractivity contribution is 0.0954. The number of thiophene rings is 1. The highest BCUT2D eigenvalue weighted by molar-refractivity contribution is 7.20. The molecule has 3 aromatic heterocycles. The number of hydrogen-bond donors (Lipinski definition) is 1. The van der Waals surface area contributed by atoms with E-state index >= 15 is 0 Å². The van der Waals surface area contributed by atoms with E-state index in [4.69, 9.17) is 0 Å². The highest BCUT2D eigenvalue weighted by Crippen LogP contribution is 2.26. The highest BCUT2D eigenvalue weighted by atomic mass is 32.1. The van der Waals surface area contributed by atoms with Crippen LogP contribution in [0.5, 0.6) is 0 Å². The van der Waals surface area contributed by atoms with Crippen LogP contribution in [-0.4, -0.2) is 25.2 Å². The van der Waals surface area contributed by atoms with Crippen LogP contribution in [-0.2, 0) is 13.6 Å². The largest absolute Gasteiger partial charge is 0.347 e. The van der Waals surface area contributed by atoms with Gasteiger partial charge in [0.05, 0.1) is 22.3 Å². The first kappa shape index (κ1) is 17.2. The average Bonchev–Trinajstić information content (AvgIpc) is 3.32. The van der Waals surface area contributed by atoms with Crippen LogP contribution in [0.1, 0.15) is 20.8 Å². The number of rotatable bonds is 4. The molecule has 3 heterocycles. The fourth-order valence-corrected chi connectivity index (χ4v) is 4.03. The average molecular weight is 379 g/mol. The molecule has 0 unspecified atom stereocenters. The summed E-state index contributed by atoms with van der Waals surface area (Å²) in [6.45, 7) is 2.14. The fraction of sp³-hybridized carbons (Fsp3) is 0.158. The molecular weight excluding hydrogens is 362 g/mol. The van der Waals surface area contributed by atoms with Crippen molar-refractivity contribution in [2.45, 2.75) is 13.5 Å². The van der Waals surface area contributed by atoms with Crippen molar-refractivity contribution in [3.63, 3.8) is 0 Å². The molecule has 0 fully saturated rings. The summed E-state index contributed by atoms with van der Waals surface area (Å²) in [5, 5.41) is 7.71. The van der Waals surface area contributed by atoms with E-state index in [9.17, 15) is 9.59 Å². The summed E-state index contributed by atoms with van der Waals surface area (Å²) in [4.78, 5) is 30.4. The van der Waals surface area contributed by atoms with Crippen molar-refractivity contribution in [3.05, 3.63) is 75.4 Å². The molecule has 0 saturated heterocycles. The maximum Gasteiger partial charge on any atom is 0.262 e. The van der Waals surface area contributed by atoms with Gasteiger partial charge in [-0.15, -0.1) is 11.3 Å². The Bertz CT molecular complexity index is 1190. The summed E-state index contributed by atoms with van der Waals surface area (Å²) in [6, 6.07) is 9.61. The Morgan fingerprint density at radius 1 is 1.26 bits per heavy atom. The van der Waals surface area contributed by atoms with Crippen molar-refractivity contribution in [2.24, 2.45) is 7.05 Å². The van der Waals surface area contributed by atoms with Crippen molar-refractivity contribution in [2.75, 3.05) is 0 Å². The first-order chi connectivity index (χ1) is 13.1. The second-order valence-electron chi connectivity index (χ2n) is 6.16. The van der Waals surface area contributed by atoms with Gasteiger partial charge in [0.2, 0.25) is 0 Å². The van der Waals surface area contributed by atoms with Crippen LogP contribution in [0.3, 0.4) is 0 Å². The van der Waals surface area contributed by atoms with E-state index in [1.54, 1.807) is 24.9 Å². The first-order valence-corrected chi connectivity index (χ1v) is 9.18. The number of carbonyl (C=O) groups is 1. The van der Waals surface area contributed by atoms with Gasteiger partial charge in [-0.2, -0.15) is 5.10 Å². The van der Waals surface area contributed by atoms with Gasteiger partial charge in [-0.1, -0.05) is 18.2 Å². The number of nitrogens with one attached hydrogen (secondary N) is 1. The summed E-state index contributed by atoms with van der Waals surface area (Å²) in [5.41, 5.74) is 2.38. The SMILES string of the molecule is Cc1c(C(=O)NCc2ccccc2-n2cccn2)sc2ncn(C)c(=O)c12. The van der Waals surface area contributed by atoms with Crippen molar-refractivity contribution in [1.82, 2.24) is 24.6 Å². The molecule has 136 valence electrons. The molecule has 0 atom stereocenters. The number of hydrogen-bond acceptors (Lipinski definition) is 5. The van der Waals surface area contributed by atoms with Crippen LogP contribution < -0.4 is 10.9 Å². The number of nitrogens with zero attached hydrogens (tertiary/aromatic N) is 4. The molecule has 0 aliphatic rings. The second-order valence-corrected chi connectivity index (χ2v) is 7.16. The Hall–Kier alpha value is -3.26. The smallest absolute Gasteiger partial charge is 0.262 e. The molecule has 0 aliphatic carbocycles. The normalized spacial score (nSPS) is 11.0. The third-order valence-corrected chi connectivity index (χ3v) is 5.60. The number of carbonyl (C=O) groups excluding carboxylic acids is 1. The molecule has 1 amide bonds. The van der Waals surface area contributed by atoms with E-state index in [-0.39, 0.29) is 11.5 Å². The zero-order chi connectivity index (χ0) is 19.0. The van der Waals surface area contributed by atoms with Crippen LogP contribution in [0.25, 0.3) is 15.9 Å². The lowest BCUT2D eigenvalue weighted by atomic mass is 10.1. The first-order valence-electron chi connectivity index (χ1n) is 8.37. The third kappa shape index (κ3) is 3.04. The minimum atomic E-state index is -0.215. The number of fused-ring (bicyclic) bond motifs is 1. The zero-order valence-electron chi connectivity index (χ0n) is 14.8. The van der Waals surface area contributed by atoms with E-state index in [0.29, 0.717) is 27.2 Å². The summed E-state index contributed by atoms with van der Waals surface area (Å²) in [6.07, 6.45) is 5.05. The van der Waals surface area contributed by atoms with Gasteiger partial charge in [-0.3, -0.25) is 9.59 Å². The van der Waals surface area contributed by atoms with E-state index in [0.717, 1.165) is 11.3 Å². The molecule has 4 aromatic rings. The lowest BCUT2D eigenvalue weighted by Gasteiger charge is -2.10. The van der Waals surface area contributed by atoms with Gasteiger partial charge in [-0.05, 0) is 30.2 Å². The Balaban J connectivity index is 1.62. The minimum absolute atomic E-state index is 0.142. The number of amides is 1. The number of aromatic nitrogens is 4. The molecule has 4 rings (SSSR count). The standard InChI is InChI=1S/C19H17N5O2S/c1-12-15-18(21-11-23(2)19(15)26)27-16(12)17(25)20-10-13-6-3-4-7-14(13)24-9-5-8-22-24/h3-9,11H,10H2,1-2H3,(H,20,25).